The average molecular weight is 500 g/mol. The van der Waals surface area contributed by atoms with Crippen LogP contribution in [0.4, 0.5) is 4.39 Å². The molecule has 36 heavy (non-hydrogen) atoms. The van der Waals surface area contributed by atoms with Gasteiger partial charge in [-0.15, -0.1) is 0 Å². The Morgan fingerprint density at radius 2 is 2.03 bits per heavy atom. The number of benzene rings is 1. The molecule has 0 spiro atoms. The molecule has 3 heterocycles. The summed E-state index contributed by atoms with van der Waals surface area (Å²) in [4.78, 5) is 34.4. The zero-order valence-corrected chi connectivity index (χ0v) is 21.4. The van der Waals surface area contributed by atoms with Gasteiger partial charge in [0.05, 0.1) is 18.7 Å². The van der Waals surface area contributed by atoms with E-state index in [2.05, 4.69) is 20.5 Å². The molecule has 0 unspecified atom stereocenters. The number of carbonyl (C=O) groups is 2. The number of rotatable bonds is 8. The van der Waals surface area contributed by atoms with Crippen molar-refractivity contribution in [1.29, 1.82) is 0 Å². The maximum Gasteiger partial charge on any atom is 0.247 e. The van der Waals surface area contributed by atoms with Crippen molar-refractivity contribution in [3.8, 4) is 0 Å². The Morgan fingerprint density at radius 3 is 2.75 bits per heavy atom. The first-order valence-electron chi connectivity index (χ1n) is 13.2. The molecule has 3 N–H and O–H groups in total. The van der Waals surface area contributed by atoms with Crippen LogP contribution in [-0.4, -0.2) is 90.7 Å². The zero-order valence-electron chi connectivity index (χ0n) is 21.4. The molecule has 1 aromatic heterocycles. The molecule has 2 saturated heterocycles. The summed E-state index contributed by atoms with van der Waals surface area (Å²) in [6, 6.07) is 4.56. The van der Waals surface area contributed by atoms with Crippen LogP contribution in [0, 0.1) is 5.82 Å². The lowest BCUT2D eigenvalue weighted by molar-refractivity contribution is -0.139. The third-order valence-electron chi connectivity index (χ3n) is 8.59. The van der Waals surface area contributed by atoms with Crippen LogP contribution < -0.4 is 10.6 Å². The van der Waals surface area contributed by atoms with E-state index < -0.39 is 12.1 Å². The third kappa shape index (κ3) is 4.53. The highest BCUT2D eigenvalue weighted by Crippen LogP contribution is 2.45. The van der Waals surface area contributed by atoms with Crippen molar-refractivity contribution in [2.45, 2.75) is 75.2 Å². The van der Waals surface area contributed by atoms with Crippen LogP contribution in [0.2, 0.25) is 0 Å². The molecule has 1 saturated carbocycles. The number of likely N-dealkylation sites (N-methyl/N-ethyl adjacent to an activating group) is 1. The number of H-pyrrole nitrogens is 1. The van der Waals surface area contributed by atoms with Crippen LogP contribution in [0.3, 0.4) is 0 Å². The van der Waals surface area contributed by atoms with Crippen molar-refractivity contribution in [1.82, 2.24) is 25.4 Å². The highest BCUT2D eigenvalue weighted by molar-refractivity contribution is 5.90. The van der Waals surface area contributed by atoms with Crippen LogP contribution in [0.15, 0.2) is 24.4 Å². The van der Waals surface area contributed by atoms with E-state index in [1.165, 1.54) is 37.8 Å². The summed E-state index contributed by atoms with van der Waals surface area (Å²) < 4.78 is 19.2. The largest absolute Gasteiger partial charge is 0.382 e. The van der Waals surface area contributed by atoms with E-state index in [1.807, 2.05) is 17.2 Å². The zero-order chi connectivity index (χ0) is 25.4. The normalized spacial score (nSPS) is 26.4. The summed E-state index contributed by atoms with van der Waals surface area (Å²) in [5, 5.41) is 6.84. The van der Waals surface area contributed by atoms with Crippen LogP contribution in [0.25, 0.3) is 10.9 Å². The van der Waals surface area contributed by atoms with E-state index in [1.54, 1.807) is 21.1 Å². The topological polar surface area (TPSA) is 89.7 Å². The van der Waals surface area contributed by atoms with Gasteiger partial charge in [0.25, 0.3) is 0 Å². The van der Waals surface area contributed by atoms with Crippen LogP contribution >= 0.6 is 0 Å². The molecule has 0 radical (unpaired) electrons. The minimum absolute atomic E-state index is 0.000125. The number of ether oxygens (including phenoxy) is 1. The van der Waals surface area contributed by atoms with Gasteiger partial charge in [0.15, 0.2) is 0 Å². The Kier molecular flexibility index (Phi) is 7.32. The molecule has 0 bridgehead atoms. The molecule has 5 rings (SSSR count). The monoisotopic (exact) mass is 499 g/mol. The number of methoxy groups -OCH3 is 1. The molecule has 5 atom stereocenters. The Hall–Kier alpha value is -2.49. The minimum Gasteiger partial charge on any atom is -0.382 e. The predicted molar refractivity (Wildman–Crippen MR) is 136 cm³/mol. The number of hydrogen-bond donors (Lipinski definition) is 3. The number of aromatic nitrogens is 1. The van der Waals surface area contributed by atoms with E-state index in [0.29, 0.717) is 12.6 Å². The van der Waals surface area contributed by atoms with Crippen molar-refractivity contribution in [2.75, 3.05) is 33.9 Å². The van der Waals surface area contributed by atoms with Gasteiger partial charge in [-0.25, -0.2) is 4.39 Å². The van der Waals surface area contributed by atoms with Crippen molar-refractivity contribution < 1.29 is 18.7 Å². The predicted octanol–water partition coefficient (Wildman–Crippen LogP) is 2.36. The van der Waals surface area contributed by atoms with Crippen molar-refractivity contribution in [3.05, 3.63) is 35.8 Å². The van der Waals surface area contributed by atoms with Gasteiger partial charge in [-0.05, 0) is 57.0 Å². The summed E-state index contributed by atoms with van der Waals surface area (Å²) in [5.41, 5.74) is 1.92. The number of nitrogens with zero attached hydrogens (tertiary/aromatic N) is 2. The van der Waals surface area contributed by atoms with Gasteiger partial charge in [0.1, 0.15) is 11.9 Å². The Bertz CT molecular complexity index is 1100. The van der Waals surface area contributed by atoms with Crippen molar-refractivity contribution in [3.63, 3.8) is 0 Å². The third-order valence-corrected chi connectivity index (χ3v) is 8.59. The SMILES string of the molecule is CN[C@@H](C)C(=O)N[C@@H](COC)C(=O)N1CC[C@@H]2[C@H]1[C@H](c1c[nH]c3cc(F)ccc13)CN2C1CCCC1. The molecule has 2 aromatic rings. The van der Waals surface area contributed by atoms with Gasteiger partial charge >= 0.3 is 0 Å². The molecular formula is C27H38FN5O3. The highest BCUT2D eigenvalue weighted by atomic mass is 19.1. The molecule has 196 valence electrons. The number of halogens is 1. The van der Waals surface area contributed by atoms with E-state index in [-0.39, 0.29) is 42.2 Å². The summed E-state index contributed by atoms with van der Waals surface area (Å²) in [7, 11) is 3.27. The fourth-order valence-electron chi connectivity index (χ4n) is 6.71. The van der Waals surface area contributed by atoms with Crippen LogP contribution in [0.1, 0.15) is 50.5 Å². The van der Waals surface area contributed by atoms with Crippen molar-refractivity contribution >= 4 is 22.7 Å². The average Bonchev–Trinajstić information content (AvgIpc) is 3.66. The highest BCUT2D eigenvalue weighted by Gasteiger charge is 2.53. The van der Waals surface area contributed by atoms with E-state index >= 15 is 0 Å². The molecular weight excluding hydrogens is 461 g/mol. The molecule has 8 nitrogen and oxygen atoms in total. The number of likely N-dealkylation sites (tertiary alicyclic amines) is 2. The summed E-state index contributed by atoms with van der Waals surface area (Å²) in [5.74, 6) is -0.473. The number of carbonyl (C=O) groups excluding carboxylic acids is 2. The van der Waals surface area contributed by atoms with Crippen LogP contribution in [-0.2, 0) is 14.3 Å². The van der Waals surface area contributed by atoms with Gasteiger partial charge in [-0.3, -0.25) is 14.5 Å². The molecule has 3 fully saturated rings. The van der Waals surface area contributed by atoms with E-state index in [4.69, 9.17) is 4.74 Å². The first-order valence-corrected chi connectivity index (χ1v) is 13.2. The second-order valence-electron chi connectivity index (χ2n) is 10.6. The maximum absolute atomic E-state index is 13.9. The van der Waals surface area contributed by atoms with Crippen molar-refractivity contribution in [2.24, 2.45) is 0 Å². The molecule has 1 aromatic carbocycles. The summed E-state index contributed by atoms with van der Waals surface area (Å²) in [6.07, 6.45) is 7.82. The second-order valence-corrected chi connectivity index (χ2v) is 10.6. The molecule has 2 aliphatic heterocycles. The Balaban J connectivity index is 1.46. The lowest BCUT2D eigenvalue weighted by Crippen LogP contribution is -2.56. The molecule has 3 aliphatic rings. The Labute approximate surface area is 211 Å². The summed E-state index contributed by atoms with van der Waals surface area (Å²) >= 11 is 0. The number of hydrogen-bond acceptors (Lipinski definition) is 5. The van der Waals surface area contributed by atoms with E-state index in [9.17, 15) is 14.0 Å². The first-order chi connectivity index (χ1) is 17.4. The Morgan fingerprint density at radius 1 is 1.25 bits per heavy atom. The number of fused-ring (bicyclic) bond motifs is 2. The molecule has 2 amide bonds. The smallest absolute Gasteiger partial charge is 0.247 e. The molecule has 9 heteroatoms. The minimum atomic E-state index is -0.740. The number of amides is 2. The van der Waals surface area contributed by atoms with Gasteiger partial charge in [0, 0.05) is 55.3 Å². The quantitative estimate of drug-likeness (QED) is 0.519. The maximum atomic E-state index is 13.9. The van der Waals surface area contributed by atoms with Gasteiger partial charge in [-0.2, -0.15) is 0 Å². The van der Waals surface area contributed by atoms with Gasteiger partial charge in [0.2, 0.25) is 11.8 Å². The second kappa shape index (κ2) is 10.5. The lowest BCUT2D eigenvalue weighted by Gasteiger charge is -2.32. The fourth-order valence-corrected chi connectivity index (χ4v) is 6.71. The fraction of sp³-hybridized carbons (Fsp3) is 0.630. The van der Waals surface area contributed by atoms with E-state index in [0.717, 1.165) is 29.4 Å². The van der Waals surface area contributed by atoms with Gasteiger partial charge in [-0.1, -0.05) is 12.8 Å². The summed E-state index contributed by atoms with van der Waals surface area (Å²) in [6.45, 7) is 3.43. The number of nitrogens with one attached hydrogen (secondary N) is 3. The lowest BCUT2D eigenvalue weighted by atomic mass is 9.91. The standard InChI is InChI=1S/C27H38FN5O3/c1-16(29-2)26(34)31-23(15-36-3)27(35)32-11-10-24-25(32)21(14-33(24)18-6-4-5-7-18)20-13-30-22-12-17(28)8-9-19(20)22/h8-9,12-13,16,18,21,23-25,29-30H,4-7,10-11,14-15H2,1-3H3,(H,31,34)/t16-,21-,23-,24+,25+/m0/s1. The van der Waals surface area contributed by atoms with Gasteiger partial charge < -0.3 is 25.3 Å². The number of aromatic amines is 1. The van der Waals surface area contributed by atoms with Crippen LogP contribution in [0.5, 0.6) is 0 Å². The first kappa shape index (κ1) is 25.2. The molecule has 1 aliphatic carbocycles.